The van der Waals surface area contributed by atoms with Gasteiger partial charge in [-0.25, -0.2) is 22.0 Å². The Hall–Kier alpha value is -3.84. The van der Waals surface area contributed by atoms with Crippen molar-refractivity contribution in [2.45, 2.75) is 37.4 Å². The molecule has 16 heteroatoms. The number of nitrogens with two attached hydrogens (primary N) is 1. The van der Waals surface area contributed by atoms with Gasteiger partial charge < -0.3 is 30.1 Å². The monoisotopic (exact) mass is 694 g/mol. The Morgan fingerprint density at radius 1 is 1.32 bits per heavy atom. The van der Waals surface area contributed by atoms with E-state index in [-0.39, 0.29) is 98.5 Å². The summed E-state index contributed by atoms with van der Waals surface area (Å²) < 4.78 is 86.9. The van der Waals surface area contributed by atoms with E-state index in [9.17, 15) is 27.9 Å². The molecule has 47 heavy (non-hydrogen) atoms. The average molecular weight is 695 g/mol. The Labute approximate surface area is 274 Å². The third kappa shape index (κ3) is 5.13. The number of β-amino-alcohol motifs (C(OH)–C–C–N with tert-alkyl or cyclic N) is 1. The summed E-state index contributed by atoms with van der Waals surface area (Å²) in [6.45, 7) is -0.509. The van der Waals surface area contributed by atoms with Crippen molar-refractivity contribution in [3.05, 3.63) is 57.1 Å². The van der Waals surface area contributed by atoms with Crippen molar-refractivity contribution in [2.75, 3.05) is 51.8 Å². The molecule has 2 atom stereocenters. The number of benzene rings is 2. The second kappa shape index (κ2) is 12.0. The fraction of sp³-hybridized carbons (Fsp3) is 0.419. The third-order valence-corrected chi connectivity index (χ3v) is 10.5. The van der Waals surface area contributed by atoms with Crippen LogP contribution in [0.5, 0.6) is 5.75 Å². The maximum absolute atomic E-state index is 17.1. The number of alkyl halides is 3. The molecule has 4 aliphatic heterocycles. The SMILES string of the molecule is N#Cc1c(N)sc2c(F)ccc(-c3c(F)c4c5c(c3Cl)=NCN(CCO)C=5N(CC(F)F)C=C(OC[C@@]35CCCN3C[C@H](F)C5)O4)c12. The highest BCUT2D eigenvalue weighted by atomic mass is 35.5. The van der Waals surface area contributed by atoms with E-state index in [4.69, 9.17) is 26.8 Å². The van der Waals surface area contributed by atoms with E-state index in [0.717, 1.165) is 28.7 Å². The number of hydrogen-bond donors (Lipinski definition) is 2. The van der Waals surface area contributed by atoms with Crippen LogP contribution < -0.4 is 21.0 Å². The molecule has 0 aliphatic carbocycles. The van der Waals surface area contributed by atoms with Gasteiger partial charge >= 0.3 is 5.95 Å². The molecule has 2 saturated heterocycles. The van der Waals surface area contributed by atoms with Crippen LogP contribution in [0.25, 0.3) is 27.0 Å². The van der Waals surface area contributed by atoms with E-state index in [1.165, 1.54) is 17.2 Å². The number of fused-ring (bicyclic) bond motifs is 2. The van der Waals surface area contributed by atoms with E-state index in [2.05, 4.69) is 4.99 Å². The van der Waals surface area contributed by atoms with Gasteiger partial charge in [-0.15, -0.1) is 11.3 Å². The zero-order valence-electron chi connectivity index (χ0n) is 24.7. The first-order valence-electron chi connectivity index (χ1n) is 14.9. The van der Waals surface area contributed by atoms with Crippen LogP contribution in [0.2, 0.25) is 5.02 Å². The van der Waals surface area contributed by atoms with Crippen molar-refractivity contribution in [1.29, 1.82) is 5.26 Å². The van der Waals surface area contributed by atoms with Crippen LogP contribution in [0.4, 0.5) is 27.0 Å². The molecule has 2 aromatic carbocycles. The molecule has 9 nitrogen and oxygen atoms in total. The summed E-state index contributed by atoms with van der Waals surface area (Å²) in [4.78, 5) is 9.16. The summed E-state index contributed by atoms with van der Waals surface area (Å²) in [7, 11) is 0. The maximum atomic E-state index is 17.1. The van der Waals surface area contributed by atoms with Gasteiger partial charge in [0, 0.05) is 30.5 Å². The molecule has 0 radical (unpaired) electrons. The zero-order valence-corrected chi connectivity index (χ0v) is 26.3. The quantitative estimate of drug-likeness (QED) is 0.337. The summed E-state index contributed by atoms with van der Waals surface area (Å²) in [6, 6.07) is 4.33. The normalized spacial score (nSPS) is 22.1. The second-order valence-electron chi connectivity index (χ2n) is 11.9. The number of anilines is 1. The topological polar surface area (TPSA) is 111 Å². The molecular formula is C31H28ClF5N6O3S. The average Bonchev–Trinajstić information content (AvgIpc) is 3.63. The predicted molar refractivity (Wildman–Crippen MR) is 165 cm³/mol. The van der Waals surface area contributed by atoms with Crippen LogP contribution in [-0.4, -0.2) is 84.0 Å². The van der Waals surface area contributed by atoms with E-state index >= 15 is 4.39 Å². The van der Waals surface area contributed by atoms with Gasteiger partial charge in [0.25, 0.3) is 6.43 Å². The first-order chi connectivity index (χ1) is 22.6. The summed E-state index contributed by atoms with van der Waals surface area (Å²) in [5.41, 5.74) is 5.12. The fourth-order valence-corrected chi connectivity index (χ4v) is 8.47. The van der Waals surface area contributed by atoms with Crippen LogP contribution in [0.1, 0.15) is 24.8 Å². The lowest BCUT2D eigenvalue weighted by Crippen LogP contribution is -2.48. The van der Waals surface area contributed by atoms with Gasteiger partial charge in [-0.3, -0.25) is 9.89 Å². The molecule has 0 bridgehead atoms. The number of nitriles is 1. The van der Waals surface area contributed by atoms with Crippen molar-refractivity contribution < 1.29 is 36.5 Å². The first kappa shape index (κ1) is 31.7. The molecule has 7 rings (SSSR count). The Morgan fingerprint density at radius 2 is 2.13 bits per heavy atom. The second-order valence-corrected chi connectivity index (χ2v) is 13.3. The number of nitrogen functional groups attached to an aromatic ring is 1. The number of hydrogen-bond acceptors (Lipinski definition) is 10. The van der Waals surface area contributed by atoms with E-state index in [1.807, 2.05) is 11.0 Å². The number of halogens is 6. The molecule has 5 heterocycles. The minimum absolute atomic E-state index is 0.00647. The number of nitrogens with zero attached hydrogens (tertiary/aromatic N) is 5. The molecule has 0 amide bonds. The largest absolute Gasteiger partial charge is 0.462 e. The maximum Gasteiger partial charge on any atom is 0.302 e. The predicted octanol–water partition coefficient (Wildman–Crippen LogP) is 4.26. The Morgan fingerprint density at radius 3 is 2.87 bits per heavy atom. The number of aliphatic hydroxyl groups is 1. The zero-order chi connectivity index (χ0) is 33.2. The van der Waals surface area contributed by atoms with Gasteiger partial charge in [0.05, 0.1) is 50.8 Å². The molecule has 2 fully saturated rings. The van der Waals surface area contributed by atoms with Crippen molar-refractivity contribution in [1.82, 2.24) is 14.7 Å². The highest BCUT2D eigenvalue weighted by molar-refractivity contribution is 7.23. The molecule has 4 aliphatic rings. The molecule has 3 N–H and O–H groups in total. The third-order valence-electron chi connectivity index (χ3n) is 9.12. The van der Waals surface area contributed by atoms with Crippen LogP contribution in [0, 0.1) is 23.0 Å². The van der Waals surface area contributed by atoms with E-state index in [0.29, 0.717) is 13.0 Å². The van der Waals surface area contributed by atoms with Crippen LogP contribution in [0.15, 0.2) is 29.3 Å². The minimum Gasteiger partial charge on any atom is -0.462 e. The Bertz CT molecular complexity index is 1990. The van der Waals surface area contributed by atoms with Crippen molar-refractivity contribution in [3.63, 3.8) is 0 Å². The van der Waals surface area contributed by atoms with Gasteiger partial charge in [-0.1, -0.05) is 17.7 Å². The number of aliphatic hydroxyl groups excluding tert-OH is 1. The van der Waals surface area contributed by atoms with Gasteiger partial charge in [0.15, 0.2) is 11.6 Å². The molecule has 3 aromatic rings. The van der Waals surface area contributed by atoms with Crippen LogP contribution in [0.3, 0.4) is 0 Å². The standard InChI is InChI=1S/C31H28ClF5N6O3S/c32-24-22(16-2-3-18(34)28-21(16)17(9-38)29(39)47-28)25(37)27-23-26(24)40-14-41(6-7-44)30(23)42(11-19(35)36)12-20(46-27)45-13-31-4-1-5-43(31)10-15(33)8-31/h2-3,12,15,19,44H,1,4-8,10-11,13-14,39H2/t15-,31+/m1/s1. The van der Waals surface area contributed by atoms with E-state index < -0.39 is 42.1 Å². The molecule has 248 valence electrons. The minimum atomic E-state index is -2.86. The lowest BCUT2D eigenvalue weighted by Gasteiger charge is -2.34. The number of rotatable bonds is 8. The fourth-order valence-electron chi connectivity index (χ4n) is 7.18. The number of thiophene rings is 1. The summed E-state index contributed by atoms with van der Waals surface area (Å²) in [6.07, 6.45) is -1.01. The van der Waals surface area contributed by atoms with Crippen molar-refractivity contribution >= 4 is 43.8 Å². The lowest BCUT2D eigenvalue weighted by atomic mass is 9.95. The van der Waals surface area contributed by atoms with Crippen molar-refractivity contribution in [3.8, 4) is 22.9 Å². The van der Waals surface area contributed by atoms with Gasteiger partial charge in [-0.05, 0) is 31.0 Å². The summed E-state index contributed by atoms with van der Waals surface area (Å²) >= 11 is 7.72. The molecule has 0 saturated carbocycles. The summed E-state index contributed by atoms with van der Waals surface area (Å²) in [5.74, 6) is -2.45. The molecule has 1 aromatic heterocycles. The van der Waals surface area contributed by atoms with E-state index in [1.54, 1.807) is 0 Å². The highest BCUT2D eigenvalue weighted by Crippen LogP contribution is 2.45. The molecular weight excluding hydrogens is 667 g/mol. The van der Waals surface area contributed by atoms with Gasteiger partial charge in [0.2, 0.25) is 0 Å². The smallest absolute Gasteiger partial charge is 0.302 e. The Kier molecular flexibility index (Phi) is 8.10. The molecule has 0 spiro atoms. The lowest BCUT2D eigenvalue weighted by molar-refractivity contribution is 0.0245. The van der Waals surface area contributed by atoms with Crippen LogP contribution >= 0.6 is 22.9 Å². The van der Waals surface area contributed by atoms with Gasteiger partial charge in [-0.2, -0.15) is 5.26 Å². The first-order valence-corrected chi connectivity index (χ1v) is 16.1. The van der Waals surface area contributed by atoms with Crippen LogP contribution in [-0.2, 0) is 4.74 Å². The Balaban J connectivity index is 1.45. The van der Waals surface area contributed by atoms with Crippen molar-refractivity contribution in [2.24, 2.45) is 4.99 Å². The highest BCUT2D eigenvalue weighted by Gasteiger charge is 2.49. The number of ether oxygens (including phenoxy) is 2. The molecule has 0 unspecified atom stereocenters. The summed E-state index contributed by atoms with van der Waals surface area (Å²) in [5, 5.41) is 19.5. The van der Waals surface area contributed by atoms with Gasteiger partial charge in [0.1, 0.15) is 42.2 Å².